The number of nitrogens with zero attached hydrogens (tertiary/aromatic N) is 2. The Balaban J connectivity index is 2.82. The molecule has 1 aromatic heterocycles. The van der Waals surface area contributed by atoms with E-state index >= 15 is 0 Å². The second-order valence-electron chi connectivity index (χ2n) is 4.73. The summed E-state index contributed by atoms with van der Waals surface area (Å²) in [5, 5.41) is 13.2. The standard InChI is InChI=1S/C13H23N3OS/c1-5-14-11-6-12(18-8-10(4)7-17)16-13(15-11)9(2)3/h6,9-10,17H,5,7-8H2,1-4H3,(H,14,15,16). The third-order valence-corrected chi connectivity index (χ3v) is 3.66. The molecule has 1 heterocycles. The van der Waals surface area contributed by atoms with E-state index in [-0.39, 0.29) is 12.5 Å². The van der Waals surface area contributed by atoms with E-state index in [0.29, 0.717) is 5.92 Å². The Labute approximate surface area is 114 Å². The quantitative estimate of drug-likeness (QED) is 0.589. The summed E-state index contributed by atoms with van der Waals surface area (Å²) in [6.07, 6.45) is 0. The van der Waals surface area contributed by atoms with Crippen LogP contribution in [0.3, 0.4) is 0 Å². The first-order valence-electron chi connectivity index (χ1n) is 6.43. The van der Waals surface area contributed by atoms with Crippen LogP contribution in [-0.4, -0.2) is 34.0 Å². The van der Waals surface area contributed by atoms with Gasteiger partial charge in [0, 0.05) is 30.9 Å². The predicted octanol–water partition coefficient (Wildman–Crippen LogP) is 2.75. The molecule has 0 radical (unpaired) electrons. The number of aromatic nitrogens is 2. The Morgan fingerprint density at radius 1 is 1.33 bits per heavy atom. The van der Waals surface area contributed by atoms with Gasteiger partial charge in [0.1, 0.15) is 16.7 Å². The van der Waals surface area contributed by atoms with Gasteiger partial charge in [-0.2, -0.15) is 0 Å². The van der Waals surface area contributed by atoms with E-state index in [1.165, 1.54) is 0 Å². The van der Waals surface area contributed by atoms with Crippen molar-refractivity contribution in [2.24, 2.45) is 5.92 Å². The summed E-state index contributed by atoms with van der Waals surface area (Å²) < 4.78 is 0. The highest BCUT2D eigenvalue weighted by atomic mass is 32.2. The number of nitrogens with one attached hydrogen (secondary N) is 1. The van der Waals surface area contributed by atoms with Gasteiger partial charge in [-0.05, 0) is 12.8 Å². The number of aliphatic hydroxyl groups excluding tert-OH is 1. The minimum Gasteiger partial charge on any atom is -0.396 e. The fraction of sp³-hybridized carbons (Fsp3) is 0.692. The second-order valence-corrected chi connectivity index (χ2v) is 5.77. The normalized spacial score (nSPS) is 12.8. The molecule has 0 saturated carbocycles. The van der Waals surface area contributed by atoms with Gasteiger partial charge >= 0.3 is 0 Å². The van der Waals surface area contributed by atoms with E-state index in [9.17, 15) is 0 Å². The van der Waals surface area contributed by atoms with Crippen LogP contribution in [0.5, 0.6) is 0 Å². The molecule has 1 rings (SSSR count). The third kappa shape index (κ3) is 4.82. The number of aliphatic hydroxyl groups is 1. The van der Waals surface area contributed by atoms with Crippen LogP contribution in [0.2, 0.25) is 0 Å². The molecule has 0 bridgehead atoms. The van der Waals surface area contributed by atoms with E-state index in [0.717, 1.165) is 29.0 Å². The largest absolute Gasteiger partial charge is 0.396 e. The van der Waals surface area contributed by atoms with Gasteiger partial charge in [0.25, 0.3) is 0 Å². The van der Waals surface area contributed by atoms with Crippen molar-refractivity contribution in [1.82, 2.24) is 9.97 Å². The Morgan fingerprint density at radius 2 is 2.06 bits per heavy atom. The lowest BCUT2D eigenvalue weighted by Gasteiger charge is -2.11. The molecule has 1 aromatic rings. The molecule has 0 saturated heterocycles. The molecule has 1 atom stereocenters. The first-order valence-corrected chi connectivity index (χ1v) is 7.41. The van der Waals surface area contributed by atoms with E-state index in [1.807, 2.05) is 13.0 Å². The van der Waals surface area contributed by atoms with Gasteiger partial charge in [0.15, 0.2) is 0 Å². The number of anilines is 1. The van der Waals surface area contributed by atoms with E-state index in [2.05, 4.69) is 36.1 Å². The van der Waals surface area contributed by atoms with Crippen molar-refractivity contribution in [3.05, 3.63) is 11.9 Å². The zero-order valence-electron chi connectivity index (χ0n) is 11.6. The molecule has 4 nitrogen and oxygen atoms in total. The molecular formula is C13H23N3OS. The minimum absolute atomic E-state index is 0.217. The second kappa shape index (κ2) is 7.59. The first-order chi connectivity index (χ1) is 8.56. The van der Waals surface area contributed by atoms with Gasteiger partial charge in [-0.15, -0.1) is 11.8 Å². The molecule has 5 heteroatoms. The predicted molar refractivity (Wildman–Crippen MR) is 77.3 cm³/mol. The maximum atomic E-state index is 9.04. The lowest BCUT2D eigenvalue weighted by molar-refractivity contribution is 0.250. The number of hydrogen-bond donors (Lipinski definition) is 2. The number of hydrogen-bond acceptors (Lipinski definition) is 5. The molecule has 0 aliphatic rings. The van der Waals surface area contributed by atoms with Gasteiger partial charge in [-0.3, -0.25) is 0 Å². The van der Waals surface area contributed by atoms with Crippen LogP contribution in [-0.2, 0) is 0 Å². The fourth-order valence-corrected chi connectivity index (χ4v) is 2.24. The summed E-state index contributed by atoms with van der Waals surface area (Å²) in [4.78, 5) is 9.04. The molecule has 0 amide bonds. The molecule has 18 heavy (non-hydrogen) atoms. The van der Waals surface area contributed by atoms with Gasteiger partial charge in [0.05, 0.1) is 0 Å². The molecule has 2 N–H and O–H groups in total. The monoisotopic (exact) mass is 269 g/mol. The molecule has 102 valence electrons. The van der Waals surface area contributed by atoms with Gasteiger partial charge in [-0.25, -0.2) is 9.97 Å². The van der Waals surface area contributed by atoms with Crippen molar-refractivity contribution in [1.29, 1.82) is 0 Å². The Morgan fingerprint density at radius 3 is 2.61 bits per heavy atom. The molecule has 0 spiro atoms. The Kier molecular flexibility index (Phi) is 6.43. The minimum atomic E-state index is 0.217. The summed E-state index contributed by atoms with van der Waals surface area (Å²) in [5.41, 5.74) is 0. The van der Waals surface area contributed by atoms with Crippen LogP contribution in [0.25, 0.3) is 0 Å². The molecule has 0 aliphatic heterocycles. The van der Waals surface area contributed by atoms with Crippen molar-refractivity contribution in [3.63, 3.8) is 0 Å². The van der Waals surface area contributed by atoms with Crippen LogP contribution >= 0.6 is 11.8 Å². The summed E-state index contributed by atoms with van der Waals surface area (Å²) in [7, 11) is 0. The van der Waals surface area contributed by atoms with Crippen LogP contribution < -0.4 is 5.32 Å². The van der Waals surface area contributed by atoms with Crippen molar-refractivity contribution >= 4 is 17.6 Å². The van der Waals surface area contributed by atoms with E-state index in [4.69, 9.17) is 5.11 Å². The molecular weight excluding hydrogens is 246 g/mol. The van der Waals surface area contributed by atoms with Crippen LogP contribution in [0.4, 0.5) is 5.82 Å². The molecule has 0 aliphatic carbocycles. The smallest absolute Gasteiger partial charge is 0.134 e. The van der Waals surface area contributed by atoms with Gasteiger partial charge < -0.3 is 10.4 Å². The zero-order chi connectivity index (χ0) is 13.5. The van der Waals surface area contributed by atoms with Crippen LogP contribution in [0, 0.1) is 5.92 Å². The molecule has 0 fully saturated rings. The highest BCUT2D eigenvalue weighted by Gasteiger charge is 2.09. The van der Waals surface area contributed by atoms with Gasteiger partial charge in [0.2, 0.25) is 0 Å². The topological polar surface area (TPSA) is 58.0 Å². The maximum Gasteiger partial charge on any atom is 0.134 e. The van der Waals surface area contributed by atoms with E-state index < -0.39 is 0 Å². The van der Waals surface area contributed by atoms with Crippen LogP contribution in [0.1, 0.15) is 39.4 Å². The fourth-order valence-electron chi connectivity index (χ4n) is 1.33. The highest BCUT2D eigenvalue weighted by molar-refractivity contribution is 7.99. The lowest BCUT2D eigenvalue weighted by Crippen LogP contribution is -2.07. The SMILES string of the molecule is CCNc1cc(SCC(C)CO)nc(C(C)C)n1. The summed E-state index contributed by atoms with van der Waals surface area (Å²) >= 11 is 1.67. The van der Waals surface area contributed by atoms with Crippen molar-refractivity contribution in [3.8, 4) is 0 Å². The molecule has 0 aromatic carbocycles. The average molecular weight is 269 g/mol. The summed E-state index contributed by atoms with van der Waals surface area (Å²) in [6, 6.07) is 1.98. The Hall–Kier alpha value is -0.810. The van der Waals surface area contributed by atoms with Crippen molar-refractivity contribution < 1.29 is 5.11 Å². The third-order valence-electron chi connectivity index (χ3n) is 2.42. The summed E-state index contributed by atoms with van der Waals surface area (Å²) in [5.74, 6) is 3.23. The van der Waals surface area contributed by atoms with Crippen molar-refractivity contribution in [2.75, 3.05) is 24.2 Å². The Bertz CT molecular complexity index is 371. The van der Waals surface area contributed by atoms with Crippen molar-refractivity contribution in [2.45, 2.75) is 38.6 Å². The maximum absolute atomic E-state index is 9.04. The first kappa shape index (κ1) is 15.2. The van der Waals surface area contributed by atoms with Gasteiger partial charge in [-0.1, -0.05) is 20.8 Å². The molecule has 1 unspecified atom stereocenters. The summed E-state index contributed by atoms with van der Waals surface area (Å²) in [6.45, 7) is 9.34. The average Bonchev–Trinajstić information content (AvgIpc) is 2.36. The van der Waals surface area contributed by atoms with Crippen LogP contribution in [0.15, 0.2) is 11.1 Å². The van der Waals surface area contributed by atoms with E-state index in [1.54, 1.807) is 11.8 Å². The number of thioether (sulfide) groups is 1. The lowest BCUT2D eigenvalue weighted by atomic mass is 10.2. The number of rotatable bonds is 7. The zero-order valence-corrected chi connectivity index (χ0v) is 12.4. The highest BCUT2D eigenvalue weighted by Crippen LogP contribution is 2.23.